The maximum absolute atomic E-state index is 10.4. The first-order valence-corrected chi connectivity index (χ1v) is 9.08. The number of benzene rings is 2. The van der Waals surface area contributed by atoms with Crippen LogP contribution in [-0.2, 0) is 29.9 Å². The molecule has 0 spiro atoms. The third-order valence-corrected chi connectivity index (χ3v) is 4.02. The normalized spacial score (nSPS) is 9.56. The predicted molar refractivity (Wildman–Crippen MR) is 98.8 cm³/mol. The molecule has 0 radical (unpaired) electrons. The van der Waals surface area contributed by atoms with Crippen molar-refractivity contribution < 1.29 is 36.9 Å². The summed E-state index contributed by atoms with van der Waals surface area (Å²) in [7, 11) is 0. The van der Waals surface area contributed by atoms with Crippen molar-refractivity contribution in [2.45, 2.75) is 52.4 Å². The van der Waals surface area contributed by atoms with Crippen LogP contribution in [0.15, 0.2) is 48.5 Å². The van der Waals surface area contributed by atoms with Gasteiger partial charge in [-0.05, 0) is 47.9 Å². The average Bonchev–Trinajstić information content (AvgIpc) is 2.66. The molecule has 2 rings (SSSR count). The summed E-state index contributed by atoms with van der Waals surface area (Å²) in [4.78, 5) is 20.8. The van der Waals surface area contributed by atoms with Gasteiger partial charge in [-0.15, -0.1) is 0 Å². The number of rotatable bonds is 8. The zero-order valence-corrected chi connectivity index (χ0v) is 17.0. The van der Waals surface area contributed by atoms with Crippen LogP contribution in [-0.4, -0.2) is 11.9 Å². The number of carbonyl (C=O) groups is 2. The number of hydrogen-bond donors (Lipinski definition) is 0. The van der Waals surface area contributed by atoms with Crippen molar-refractivity contribution in [3.63, 3.8) is 0 Å². The zero-order chi connectivity index (χ0) is 19.4. The second kappa shape index (κ2) is 14.0. The minimum atomic E-state index is -1.11. The van der Waals surface area contributed by atoms with Gasteiger partial charge in [-0.25, -0.2) is 0 Å². The van der Waals surface area contributed by atoms with Crippen LogP contribution >= 0.6 is 0 Å². The van der Waals surface area contributed by atoms with E-state index in [1.54, 1.807) is 24.3 Å². The SMILES string of the molecule is CCCCc1ccc(C(=O)[O-])cc1.CCCCc1ccc(C(=O)[O-])cc1.[Fe+2]. The number of aryl methyl sites for hydroxylation is 2. The molecule has 0 N–H and O–H groups in total. The van der Waals surface area contributed by atoms with Crippen molar-refractivity contribution in [3.8, 4) is 0 Å². The molecule has 5 heteroatoms. The minimum Gasteiger partial charge on any atom is -0.545 e. The summed E-state index contributed by atoms with van der Waals surface area (Å²) in [5, 5.41) is 20.8. The summed E-state index contributed by atoms with van der Waals surface area (Å²) in [6.45, 7) is 4.27. The van der Waals surface area contributed by atoms with Crippen LogP contribution in [0.1, 0.15) is 71.4 Å². The molecule has 0 unspecified atom stereocenters. The molecule has 0 aliphatic heterocycles. The number of unbranched alkanes of at least 4 members (excludes halogenated alkanes) is 2. The molecule has 0 fully saturated rings. The van der Waals surface area contributed by atoms with Gasteiger partial charge in [0, 0.05) is 0 Å². The molecule has 4 nitrogen and oxygen atoms in total. The Morgan fingerprint density at radius 2 is 0.963 bits per heavy atom. The molecule has 0 bridgehead atoms. The van der Waals surface area contributed by atoms with E-state index in [1.165, 1.54) is 11.1 Å². The van der Waals surface area contributed by atoms with Crippen molar-refractivity contribution in [2.75, 3.05) is 0 Å². The third kappa shape index (κ3) is 9.97. The van der Waals surface area contributed by atoms with E-state index >= 15 is 0 Å². The van der Waals surface area contributed by atoms with E-state index in [4.69, 9.17) is 0 Å². The molecule has 2 aromatic rings. The monoisotopic (exact) mass is 410 g/mol. The second-order valence-electron chi connectivity index (χ2n) is 6.18. The molecule has 146 valence electrons. The van der Waals surface area contributed by atoms with Crippen molar-refractivity contribution in [3.05, 3.63) is 70.8 Å². The number of carboxylic acids is 2. The smallest absolute Gasteiger partial charge is 0.545 e. The van der Waals surface area contributed by atoms with Crippen LogP contribution in [0.3, 0.4) is 0 Å². The molecule has 0 heterocycles. The Kier molecular flexibility index (Phi) is 12.9. The summed E-state index contributed by atoms with van der Waals surface area (Å²) < 4.78 is 0. The summed E-state index contributed by atoms with van der Waals surface area (Å²) in [5.74, 6) is -2.22. The molecular weight excluding hydrogens is 384 g/mol. The Bertz CT molecular complexity index is 617. The van der Waals surface area contributed by atoms with Crippen molar-refractivity contribution in [2.24, 2.45) is 0 Å². The van der Waals surface area contributed by atoms with E-state index in [0.717, 1.165) is 38.5 Å². The summed E-state index contributed by atoms with van der Waals surface area (Å²) in [5.41, 5.74) is 2.87. The summed E-state index contributed by atoms with van der Waals surface area (Å²) in [6, 6.07) is 13.8. The number of carbonyl (C=O) groups excluding carboxylic acids is 2. The van der Waals surface area contributed by atoms with Gasteiger partial charge in [0.25, 0.3) is 0 Å². The van der Waals surface area contributed by atoms with E-state index in [-0.39, 0.29) is 28.2 Å². The van der Waals surface area contributed by atoms with Gasteiger partial charge in [-0.2, -0.15) is 0 Å². The van der Waals surface area contributed by atoms with Crippen molar-refractivity contribution in [1.82, 2.24) is 0 Å². The number of hydrogen-bond acceptors (Lipinski definition) is 4. The number of carboxylic acid groups (broad SMARTS) is 2. The average molecular weight is 410 g/mol. The van der Waals surface area contributed by atoms with E-state index in [9.17, 15) is 19.8 Å². The molecule has 0 amide bonds. The quantitative estimate of drug-likeness (QED) is 0.627. The van der Waals surface area contributed by atoms with Crippen LogP contribution in [0.4, 0.5) is 0 Å². The van der Waals surface area contributed by atoms with Gasteiger partial charge < -0.3 is 19.8 Å². The van der Waals surface area contributed by atoms with Crippen molar-refractivity contribution in [1.29, 1.82) is 0 Å². The zero-order valence-electron chi connectivity index (χ0n) is 15.8. The first-order chi connectivity index (χ1) is 12.5. The van der Waals surface area contributed by atoms with Gasteiger partial charge >= 0.3 is 17.1 Å². The molecule has 2 aromatic carbocycles. The van der Waals surface area contributed by atoms with E-state index in [1.807, 2.05) is 24.3 Å². The second-order valence-corrected chi connectivity index (χ2v) is 6.18. The van der Waals surface area contributed by atoms with Crippen LogP contribution in [0.5, 0.6) is 0 Å². The van der Waals surface area contributed by atoms with Gasteiger partial charge in [0.15, 0.2) is 0 Å². The maximum Gasteiger partial charge on any atom is 2.00 e. The Balaban J connectivity index is 0.000000483. The van der Waals surface area contributed by atoms with Crippen LogP contribution < -0.4 is 10.2 Å². The van der Waals surface area contributed by atoms with E-state index in [2.05, 4.69) is 13.8 Å². The fraction of sp³-hybridized carbons (Fsp3) is 0.364. The Morgan fingerprint density at radius 3 is 1.19 bits per heavy atom. The first kappa shape index (κ1) is 24.9. The fourth-order valence-electron chi connectivity index (χ4n) is 2.38. The predicted octanol–water partition coefficient (Wildman–Crippen LogP) is 2.78. The van der Waals surface area contributed by atoms with E-state index < -0.39 is 11.9 Å². The Hall–Kier alpha value is -2.10. The molecule has 0 saturated heterocycles. The summed E-state index contributed by atoms with van der Waals surface area (Å²) >= 11 is 0. The Morgan fingerprint density at radius 1 is 0.667 bits per heavy atom. The topological polar surface area (TPSA) is 80.3 Å². The molecular formula is C22H26FeO4. The fourth-order valence-corrected chi connectivity index (χ4v) is 2.38. The standard InChI is InChI=1S/2C11H14O2.Fe/c2*1-2-3-4-9-5-7-10(8-6-9)11(12)13;/h2*5-8H,2-4H2,1H3,(H,12,13);/q;;+2/p-2. The van der Waals surface area contributed by atoms with Gasteiger partial charge in [-0.1, -0.05) is 75.2 Å². The summed E-state index contributed by atoms with van der Waals surface area (Å²) in [6.07, 6.45) is 6.63. The van der Waals surface area contributed by atoms with E-state index in [0.29, 0.717) is 0 Å². The minimum absolute atomic E-state index is 0. The first-order valence-electron chi connectivity index (χ1n) is 9.08. The van der Waals surface area contributed by atoms with Crippen LogP contribution in [0.2, 0.25) is 0 Å². The van der Waals surface area contributed by atoms with Crippen molar-refractivity contribution >= 4 is 11.9 Å². The van der Waals surface area contributed by atoms with Gasteiger partial charge in [0.05, 0.1) is 11.9 Å². The Labute approximate surface area is 172 Å². The van der Waals surface area contributed by atoms with Crippen LogP contribution in [0, 0.1) is 0 Å². The van der Waals surface area contributed by atoms with Gasteiger partial charge in [-0.3, -0.25) is 0 Å². The molecule has 0 saturated carbocycles. The molecule has 0 aliphatic rings. The van der Waals surface area contributed by atoms with Crippen LogP contribution in [0.25, 0.3) is 0 Å². The largest absolute Gasteiger partial charge is 2.00 e. The number of aromatic carboxylic acids is 2. The third-order valence-electron chi connectivity index (χ3n) is 4.02. The van der Waals surface area contributed by atoms with Gasteiger partial charge in [0.2, 0.25) is 0 Å². The molecule has 0 atom stereocenters. The van der Waals surface area contributed by atoms with Gasteiger partial charge in [0.1, 0.15) is 0 Å². The molecule has 27 heavy (non-hydrogen) atoms. The molecule has 0 aromatic heterocycles. The maximum atomic E-state index is 10.4. The molecule has 0 aliphatic carbocycles.